The van der Waals surface area contributed by atoms with Crippen molar-refractivity contribution in [2.75, 3.05) is 23.3 Å². The zero-order valence-corrected chi connectivity index (χ0v) is 13.6. The molecule has 4 nitrogen and oxygen atoms in total. The lowest BCUT2D eigenvalue weighted by Gasteiger charge is -2.23. The summed E-state index contributed by atoms with van der Waals surface area (Å²) in [6, 6.07) is 9.73. The summed E-state index contributed by atoms with van der Waals surface area (Å²) in [6.07, 6.45) is 3.67. The van der Waals surface area contributed by atoms with E-state index in [1.54, 1.807) is 24.4 Å². The number of hydrogen-bond donors (Lipinski definition) is 1. The second-order valence-corrected chi connectivity index (χ2v) is 5.32. The minimum Gasteiger partial charge on any atom is -0.371 e. The van der Waals surface area contributed by atoms with E-state index in [-0.39, 0.29) is 11.4 Å². The summed E-state index contributed by atoms with van der Waals surface area (Å²) in [7, 11) is 0. The molecule has 0 atom stereocenters. The van der Waals surface area contributed by atoms with Crippen LogP contribution in [0.3, 0.4) is 0 Å². The molecule has 0 spiro atoms. The van der Waals surface area contributed by atoms with Crippen LogP contribution in [0.2, 0.25) is 0 Å². The van der Waals surface area contributed by atoms with Crippen LogP contribution >= 0.6 is 0 Å². The van der Waals surface area contributed by atoms with E-state index in [1.165, 1.54) is 12.1 Å². The highest BCUT2D eigenvalue weighted by molar-refractivity contribution is 6.03. The van der Waals surface area contributed by atoms with Gasteiger partial charge in [0, 0.05) is 25.0 Å². The molecule has 0 unspecified atom stereocenters. The van der Waals surface area contributed by atoms with Gasteiger partial charge in [-0.3, -0.25) is 9.78 Å². The SMILES string of the molecule is CCCN(CCC)c1ccnc(C(=O)Nc2ccccc2F)c1. The molecule has 2 rings (SSSR count). The maximum atomic E-state index is 13.6. The molecule has 0 radical (unpaired) electrons. The molecule has 0 saturated heterocycles. The smallest absolute Gasteiger partial charge is 0.274 e. The molecule has 1 heterocycles. The lowest BCUT2D eigenvalue weighted by Crippen LogP contribution is -2.25. The van der Waals surface area contributed by atoms with Crippen molar-refractivity contribution in [3.8, 4) is 0 Å². The van der Waals surface area contributed by atoms with Crippen molar-refractivity contribution >= 4 is 17.3 Å². The van der Waals surface area contributed by atoms with Gasteiger partial charge in [-0.15, -0.1) is 0 Å². The van der Waals surface area contributed by atoms with Gasteiger partial charge >= 0.3 is 0 Å². The molecule has 0 fully saturated rings. The summed E-state index contributed by atoms with van der Waals surface area (Å²) >= 11 is 0. The molecule has 23 heavy (non-hydrogen) atoms. The number of carbonyl (C=O) groups is 1. The van der Waals surface area contributed by atoms with E-state index in [0.717, 1.165) is 31.6 Å². The van der Waals surface area contributed by atoms with Gasteiger partial charge < -0.3 is 10.2 Å². The monoisotopic (exact) mass is 315 g/mol. The summed E-state index contributed by atoms with van der Waals surface area (Å²) in [5.41, 5.74) is 1.40. The molecule has 0 aliphatic rings. The minimum absolute atomic E-state index is 0.156. The quantitative estimate of drug-likeness (QED) is 0.836. The van der Waals surface area contributed by atoms with Crippen LogP contribution in [-0.4, -0.2) is 24.0 Å². The Bertz CT molecular complexity index is 654. The fourth-order valence-corrected chi connectivity index (χ4v) is 2.40. The van der Waals surface area contributed by atoms with Crippen LogP contribution in [0.4, 0.5) is 15.8 Å². The molecule has 0 aliphatic heterocycles. The Hall–Kier alpha value is -2.43. The van der Waals surface area contributed by atoms with Crippen molar-refractivity contribution in [1.82, 2.24) is 4.98 Å². The first-order valence-corrected chi connectivity index (χ1v) is 7.92. The average Bonchev–Trinajstić information content (AvgIpc) is 2.57. The predicted octanol–water partition coefficient (Wildman–Crippen LogP) is 4.10. The summed E-state index contributed by atoms with van der Waals surface area (Å²) in [5.74, 6) is -0.875. The molecule has 1 aromatic heterocycles. The topological polar surface area (TPSA) is 45.2 Å². The second kappa shape index (κ2) is 8.27. The second-order valence-electron chi connectivity index (χ2n) is 5.32. The number of amides is 1. The Morgan fingerprint density at radius 3 is 2.52 bits per heavy atom. The van der Waals surface area contributed by atoms with Gasteiger partial charge in [-0.1, -0.05) is 26.0 Å². The van der Waals surface area contributed by atoms with Gasteiger partial charge in [-0.05, 0) is 37.1 Å². The average molecular weight is 315 g/mol. The fourth-order valence-electron chi connectivity index (χ4n) is 2.40. The van der Waals surface area contributed by atoms with Crippen LogP contribution in [0.15, 0.2) is 42.6 Å². The third kappa shape index (κ3) is 4.52. The van der Waals surface area contributed by atoms with Gasteiger partial charge in [0.2, 0.25) is 0 Å². The van der Waals surface area contributed by atoms with Gasteiger partial charge in [0.1, 0.15) is 11.5 Å². The molecule has 0 aliphatic carbocycles. The highest BCUT2D eigenvalue weighted by atomic mass is 19.1. The Labute approximate surface area is 136 Å². The Kier molecular flexibility index (Phi) is 6.09. The molecule has 1 N–H and O–H groups in total. The van der Waals surface area contributed by atoms with E-state index in [9.17, 15) is 9.18 Å². The third-order valence-electron chi connectivity index (χ3n) is 3.45. The highest BCUT2D eigenvalue weighted by Crippen LogP contribution is 2.18. The fraction of sp³-hybridized carbons (Fsp3) is 0.333. The molecular weight excluding hydrogens is 293 g/mol. The van der Waals surface area contributed by atoms with Gasteiger partial charge in [0.05, 0.1) is 5.69 Å². The molecule has 2 aromatic rings. The first-order chi connectivity index (χ1) is 11.2. The number of anilines is 2. The number of nitrogens with one attached hydrogen (secondary N) is 1. The van der Waals surface area contributed by atoms with Crippen molar-refractivity contribution < 1.29 is 9.18 Å². The van der Waals surface area contributed by atoms with Crippen molar-refractivity contribution in [2.24, 2.45) is 0 Å². The Morgan fingerprint density at radius 1 is 1.17 bits per heavy atom. The minimum atomic E-state index is -0.462. The summed E-state index contributed by atoms with van der Waals surface area (Å²) in [5, 5.41) is 2.56. The number of para-hydroxylation sites is 1. The van der Waals surface area contributed by atoms with E-state index in [1.807, 2.05) is 6.07 Å². The normalized spacial score (nSPS) is 10.4. The summed E-state index contributed by atoms with van der Waals surface area (Å²) in [4.78, 5) is 18.6. The zero-order chi connectivity index (χ0) is 16.7. The van der Waals surface area contributed by atoms with E-state index in [0.29, 0.717) is 0 Å². The van der Waals surface area contributed by atoms with E-state index < -0.39 is 11.7 Å². The summed E-state index contributed by atoms with van der Waals surface area (Å²) in [6.45, 7) is 6.09. The standard InChI is InChI=1S/C18H22FN3O/c1-3-11-22(12-4-2)14-9-10-20-17(13-14)18(23)21-16-8-6-5-7-15(16)19/h5-10,13H,3-4,11-12H2,1-2H3,(H,21,23). The van der Waals surface area contributed by atoms with Gasteiger partial charge in [-0.2, -0.15) is 0 Å². The molecule has 122 valence electrons. The number of benzene rings is 1. The third-order valence-corrected chi connectivity index (χ3v) is 3.45. The molecule has 0 bridgehead atoms. The Morgan fingerprint density at radius 2 is 1.87 bits per heavy atom. The van der Waals surface area contributed by atoms with Gasteiger partial charge in [0.15, 0.2) is 0 Å². The van der Waals surface area contributed by atoms with E-state index >= 15 is 0 Å². The van der Waals surface area contributed by atoms with Crippen molar-refractivity contribution in [3.05, 3.63) is 54.1 Å². The molecular formula is C18H22FN3O. The number of carbonyl (C=O) groups excluding carboxylic acids is 1. The van der Waals surface area contributed by atoms with Crippen molar-refractivity contribution in [1.29, 1.82) is 0 Å². The van der Waals surface area contributed by atoms with Crippen LogP contribution in [0.1, 0.15) is 37.2 Å². The number of pyridine rings is 1. The van der Waals surface area contributed by atoms with Gasteiger partial charge in [0.25, 0.3) is 5.91 Å². The zero-order valence-electron chi connectivity index (χ0n) is 13.6. The number of halogens is 1. The largest absolute Gasteiger partial charge is 0.371 e. The maximum absolute atomic E-state index is 13.6. The lowest BCUT2D eigenvalue weighted by molar-refractivity contribution is 0.102. The molecule has 0 saturated carbocycles. The maximum Gasteiger partial charge on any atom is 0.274 e. The van der Waals surface area contributed by atoms with Crippen LogP contribution in [-0.2, 0) is 0 Å². The first-order valence-electron chi connectivity index (χ1n) is 7.92. The van der Waals surface area contributed by atoms with E-state index in [2.05, 4.69) is 29.0 Å². The predicted molar refractivity (Wildman–Crippen MR) is 91.4 cm³/mol. The van der Waals surface area contributed by atoms with Crippen LogP contribution in [0.25, 0.3) is 0 Å². The number of aromatic nitrogens is 1. The highest BCUT2D eigenvalue weighted by Gasteiger charge is 2.13. The van der Waals surface area contributed by atoms with Gasteiger partial charge in [-0.25, -0.2) is 4.39 Å². The lowest BCUT2D eigenvalue weighted by atomic mass is 10.2. The van der Waals surface area contributed by atoms with Crippen molar-refractivity contribution in [3.63, 3.8) is 0 Å². The number of rotatable bonds is 7. The van der Waals surface area contributed by atoms with Crippen LogP contribution in [0, 0.1) is 5.82 Å². The number of nitrogens with zero attached hydrogens (tertiary/aromatic N) is 2. The molecule has 1 aromatic carbocycles. The first kappa shape index (κ1) is 16.9. The number of hydrogen-bond acceptors (Lipinski definition) is 3. The van der Waals surface area contributed by atoms with Crippen molar-refractivity contribution in [2.45, 2.75) is 26.7 Å². The van der Waals surface area contributed by atoms with E-state index in [4.69, 9.17) is 0 Å². The van der Waals surface area contributed by atoms with Crippen LogP contribution < -0.4 is 10.2 Å². The van der Waals surface area contributed by atoms with Crippen LogP contribution in [0.5, 0.6) is 0 Å². The Balaban J connectivity index is 2.18. The summed E-state index contributed by atoms with van der Waals surface area (Å²) < 4.78 is 13.6. The molecule has 1 amide bonds. The molecule has 5 heteroatoms.